The van der Waals surface area contributed by atoms with E-state index in [-0.39, 0.29) is 23.0 Å². The van der Waals surface area contributed by atoms with E-state index < -0.39 is 0 Å². The van der Waals surface area contributed by atoms with Gasteiger partial charge in [0.15, 0.2) is 5.17 Å². The molecule has 0 aromatic heterocycles. The van der Waals surface area contributed by atoms with Crippen LogP contribution < -0.4 is 5.73 Å². The van der Waals surface area contributed by atoms with Crippen molar-refractivity contribution in [1.82, 2.24) is 0 Å². The van der Waals surface area contributed by atoms with Gasteiger partial charge in [0.25, 0.3) is 0 Å². The van der Waals surface area contributed by atoms with Crippen LogP contribution in [0.3, 0.4) is 0 Å². The minimum absolute atomic E-state index is 0.134. The SMILES string of the molecule is NC(=NC[C@@H]1CCCO1)SC(c1ccc(F)cc1)c1ccc(F)cc1. The van der Waals surface area contributed by atoms with Gasteiger partial charge in [-0.2, -0.15) is 0 Å². The van der Waals surface area contributed by atoms with Crippen LogP contribution in [-0.4, -0.2) is 24.4 Å². The lowest BCUT2D eigenvalue weighted by Crippen LogP contribution is -2.16. The van der Waals surface area contributed by atoms with E-state index in [1.165, 1.54) is 36.0 Å². The van der Waals surface area contributed by atoms with Crippen LogP contribution in [0.2, 0.25) is 0 Å². The van der Waals surface area contributed by atoms with Crippen LogP contribution >= 0.6 is 11.8 Å². The summed E-state index contributed by atoms with van der Waals surface area (Å²) >= 11 is 1.37. The molecule has 1 aliphatic rings. The number of aliphatic imine (C=N–C) groups is 1. The Morgan fingerprint density at radius 3 is 2.12 bits per heavy atom. The van der Waals surface area contributed by atoms with E-state index in [1.54, 1.807) is 24.3 Å². The Morgan fingerprint density at radius 1 is 1.08 bits per heavy atom. The molecule has 1 atom stereocenters. The molecule has 25 heavy (non-hydrogen) atoms. The normalized spacial score (nSPS) is 18.0. The van der Waals surface area contributed by atoms with Gasteiger partial charge in [0.1, 0.15) is 11.6 Å². The summed E-state index contributed by atoms with van der Waals surface area (Å²) in [6.45, 7) is 1.32. The number of hydrogen-bond acceptors (Lipinski definition) is 3. The van der Waals surface area contributed by atoms with Gasteiger partial charge in [0.2, 0.25) is 0 Å². The third kappa shape index (κ3) is 5.03. The Hall–Kier alpha value is -1.92. The monoisotopic (exact) mass is 362 g/mol. The molecule has 0 amide bonds. The van der Waals surface area contributed by atoms with E-state index >= 15 is 0 Å². The molecule has 0 bridgehead atoms. The van der Waals surface area contributed by atoms with Crippen molar-refractivity contribution in [1.29, 1.82) is 0 Å². The number of thioether (sulfide) groups is 1. The van der Waals surface area contributed by atoms with Crippen molar-refractivity contribution >= 4 is 16.9 Å². The van der Waals surface area contributed by atoms with Crippen LogP contribution in [0.4, 0.5) is 8.78 Å². The number of nitrogens with zero attached hydrogens (tertiary/aromatic N) is 1. The number of rotatable bonds is 5. The van der Waals surface area contributed by atoms with Gasteiger partial charge in [0, 0.05) is 6.61 Å². The lowest BCUT2D eigenvalue weighted by molar-refractivity contribution is 0.118. The van der Waals surface area contributed by atoms with Gasteiger partial charge in [0.05, 0.1) is 17.9 Å². The number of halogens is 2. The van der Waals surface area contributed by atoms with E-state index in [1.807, 2.05) is 0 Å². The standard InChI is InChI=1S/C19H20F2N2OS/c20-15-7-3-13(4-8-15)18(14-5-9-16(21)10-6-14)25-19(22)23-12-17-2-1-11-24-17/h3-10,17-18H,1-2,11-12H2,(H2,22,23)/t17-/m0/s1. The smallest absolute Gasteiger partial charge is 0.154 e. The molecular formula is C19H20F2N2OS. The zero-order chi connectivity index (χ0) is 17.6. The lowest BCUT2D eigenvalue weighted by Gasteiger charge is -2.17. The molecule has 2 aromatic carbocycles. The van der Waals surface area contributed by atoms with E-state index in [0.717, 1.165) is 30.6 Å². The maximum absolute atomic E-state index is 13.2. The molecule has 1 aliphatic heterocycles. The number of benzene rings is 2. The van der Waals surface area contributed by atoms with Crippen LogP contribution in [-0.2, 0) is 4.74 Å². The first-order valence-electron chi connectivity index (χ1n) is 8.21. The first-order chi connectivity index (χ1) is 12.1. The largest absolute Gasteiger partial charge is 0.379 e. The predicted molar refractivity (Wildman–Crippen MR) is 97.7 cm³/mol. The molecular weight excluding hydrogens is 342 g/mol. The summed E-state index contributed by atoms with van der Waals surface area (Å²) in [6, 6.07) is 12.5. The third-order valence-corrected chi connectivity index (χ3v) is 5.21. The number of nitrogens with two attached hydrogens (primary N) is 1. The Bertz CT molecular complexity index is 668. The molecule has 2 N–H and O–H groups in total. The summed E-state index contributed by atoms with van der Waals surface area (Å²) in [5, 5.41) is 0.253. The van der Waals surface area contributed by atoms with E-state index in [4.69, 9.17) is 10.5 Å². The highest BCUT2D eigenvalue weighted by atomic mass is 32.2. The fourth-order valence-corrected chi connectivity index (χ4v) is 3.72. The fraction of sp³-hybridized carbons (Fsp3) is 0.316. The second kappa shape index (κ2) is 8.45. The Morgan fingerprint density at radius 2 is 1.64 bits per heavy atom. The number of hydrogen-bond donors (Lipinski definition) is 1. The van der Waals surface area contributed by atoms with Crippen molar-refractivity contribution in [3.05, 3.63) is 71.3 Å². The van der Waals surface area contributed by atoms with Crippen molar-refractivity contribution in [3.8, 4) is 0 Å². The molecule has 0 radical (unpaired) electrons. The van der Waals surface area contributed by atoms with Gasteiger partial charge >= 0.3 is 0 Å². The van der Waals surface area contributed by atoms with Crippen molar-refractivity contribution in [3.63, 3.8) is 0 Å². The highest BCUT2D eigenvalue weighted by Crippen LogP contribution is 2.36. The quantitative estimate of drug-likeness (QED) is 0.638. The topological polar surface area (TPSA) is 47.6 Å². The van der Waals surface area contributed by atoms with Crippen molar-refractivity contribution in [2.45, 2.75) is 24.2 Å². The van der Waals surface area contributed by atoms with Gasteiger partial charge in [-0.15, -0.1) is 0 Å². The Labute approximate surface area is 150 Å². The molecule has 0 saturated carbocycles. The summed E-state index contributed by atoms with van der Waals surface area (Å²) in [5.41, 5.74) is 7.86. The molecule has 132 valence electrons. The summed E-state index contributed by atoms with van der Waals surface area (Å²) in [6.07, 6.45) is 2.19. The minimum atomic E-state index is -0.299. The second-order valence-electron chi connectivity index (χ2n) is 5.91. The average Bonchev–Trinajstić information content (AvgIpc) is 3.13. The maximum Gasteiger partial charge on any atom is 0.154 e. The Balaban J connectivity index is 1.79. The molecule has 1 fully saturated rings. The molecule has 6 heteroatoms. The molecule has 2 aromatic rings. The predicted octanol–water partition coefficient (Wildman–Crippen LogP) is 4.28. The highest BCUT2D eigenvalue weighted by Gasteiger charge is 2.19. The zero-order valence-electron chi connectivity index (χ0n) is 13.7. The molecule has 3 rings (SSSR count). The Kier molecular flexibility index (Phi) is 6.04. The van der Waals surface area contributed by atoms with Crippen LogP contribution in [0.25, 0.3) is 0 Å². The lowest BCUT2D eigenvalue weighted by atomic mass is 10.0. The van der Waals surface area contributed by atoms with Crippen LogP contribution in [0.5, 0.6) is 0 Å². The molecule has 0 aliphatic carbocycles. The van der Waals surface area contributed by atoms with Crippen LogP contribution in [0.1, 0.15) is 29.2 Å². The highest BCUT2D eigenvalue weighted by molar-refractivity contribution is 8.14. The van der Waals surface area contributed by atoms with E-state index in [0.29, 0.717) is 11.7 Å². The zero-order valence-corrected chi connectivity index (χ0v) is 14.5. The van der Waals surface area contributed by atoms with Crippen molar-refractivity contribution in [2.24, 2.45) is 10.7 Å². The summed E-state index contributed by atoms with van der Waals surface area (Å²) < 4.78 is 32.0. The average molecular weight is 362 g/mol. The van der Waals surface area contributed by atoms with Gasteiger partial charge < -0.3 is 10.5 Å². The van der Waals surface area contributed by atoms with Gasteiger partial charge in [-0.1, -0.05) is 36.0 Å². The summed E-state index contributed by atoms with van der Waals surface area (Å²) in [5.74, 6) is -0.599. The summed E-state index contributed by atoms with van der Waals surface area (Å²) in [7, 11) is 0. The molecule has 0 unspecified atom stereocenters. The number of ether oxygens (including phenoxy) is 1. The van der Waals surface area contributed by atoms with Crippen molar-refractivity contribution in [2.75, 3.05) is 13.2 Å². The first-order valence-corrected chi connectivity index (χ1v) is 9.09. The second-order valence-corrected chi connectivity index (χ2v) is 7.04. The third-order valence-electron chi connectivity index (χ3n) is 4.06. The van der Waals surface area contributed by atoms with Gasteiger partial charge in [-0.25, -0.2) is 8.78 Å². The fourth-order valence-electron chi connectivity index (χ4n) is 2.74. The minimum Gasteiger partial charge on any atom is -0.379 e. The van der Waals surface area contributed by atoms with Crippen LogP contribution in [0.15, 0.2) is 53.5 Å². The van der Waals surface area contributed by atoms with Crippen molar-refractivity contribution < 1.29 is 13.5 Å². The van der Waals surface area contributed by atoms with E-state index in [9.17, 15) is 8.78 Å². The van der Waals surface area contributed by atoms with Gasteiger partial charge in [-0.3, -0.25) is 4.99 Å². The molecule has 1 heterocycles. The molecule has 0 spiro atoms. The molecule has 3 nitrogen and oxygen atoms in total. The summed E-state index contributed by atoms with van der Waals surface area (Å²) in [4.78, 5) is 4.42. The van der Waals surface area contributed by atoms with E-state index in [2.05, 4.69) is 4.99 Å². The molecule has 1 saturated heterocycles. The van der Waals surface area contributed by atoms with Gasteiger partial charge in [-0.05, 0) is 48.2 Å². The first kappa shape index (κ1) is 17.9. The maximum atomic E-state index is 13.2. The number of amidine groups is 1. The van der Waals surface area contributed by atoms with Crippen LogP contribution in [0, 0.1) is 11.6 Å².